The van der Waals surface area contributed by atoms with E-state index in [1.165, 1.54) is 5.82 Å². The average molecular weight is 385 g/mol. The molecule has 2 aromatic rings. The zero-order valence-electron chi connectivity index (χ0n) is 17.3. The van der Waals surface area contributed by atoms with Gasteiger partial charge in [0.15, 0.2) is 0 Å². The lowest BCUT2D eigenvalue weighted by Crippen LogP contribution is -2.36. The fourth-order valence-corrected chi connectivity index (χ4v) is 3.79. The smallest absolute Gasteiger partial charge is 0.252 e. The number of hydrogen-bond acceptors (Lipinski definition) is 5. The van der Waals surface area contributed by atoms with Crippen LogP contribution in [-0.4, -0.2) is 65.6 Å². The lowest BCUT2D eigenvalue weighted by atomic mass is 9.97. The molecular formula is C21H32N6O. The molecule has 1 atom stereocenters. The first-order valence-corrected chi connectivity index (χ1v) is 10.2. The Kier molecular flexibility index (Phi) is 7.03. The Balaban J connectivity index is 1.65. The van der Waals surface area contributed by atoms with Gasteiger partial charge in [-0.3, -0.25) is 4.79 Å². The minimum Gasteiger partial charge on any atom is -0.356 e. The quantitative estimate of drug-likeness (QED) is 0.757. The van der Waals surface area contributed by atoms with Crippen LogP contribution in [0.4, 0.5) is 5.82 Å². The van der Waals surface area contributed by atoms with E-state index in [0.717, 1.165) is 51.3 Å². The molecule has 0 saturated carbocycles. The van der Waals surface area contributed by atoms with E-state index in [1.54, 1.807) is 6.20 Å². The van der Waals surface area contributed by atoms with E-state index in [2.05, 4.69) is 49.9 Å². The molecule has 7 heteroatoms. The first-order chi connectivity index (χ1) is 13.6. The lowest BCUT2D eigenvalue weighted by molar-refractivity contribution is 0.0955. The third-order valence-corrected chi connectivity index (χ3v) is 5.21. The number of pyridine rings is 1. The van der Waals surface area contributed by atoms with Gasteiger partial charge >= 0.3 is 0 Å². The van der Waals surface area contributed by atoms with Crippen LogP contribution in [0.5, 0.6) is 0 Å². The number of hydrogen-bond donors (Lipinski definition) is 1. The van der Waals surface area contributed by atoms with Crippen molar-refractivity contribution in [3.8, 4) is 0 Å². The molecular weight excluding hydrogens is 352 g/mol. The van der Waals surface area contributed by atoms with Crippen LogP contribution in [-0.2, 0) is 6.54 Å². The minimum absolute atomic E-state index is 0.0715. The molecule has 0 radical (unpaired) electrons. The molecule has 2 aromatic heterocycles. The highest BCUT2D eigenvalue weighted by atomic mass is 16.1. The van der Waals surface area contributed by atoms with E-state index in [1.807, 2.05) is 25.3 Å². The number of rotatable bonds is 8. The summed E-state index contributed by atoms with van der Waals surface area (Å²) in [6, 6.07) is 3.82. The zero-order valence-corrected chi connectivity index (χ0v) is 17.3. The van der Waals surface area contributed by atoms with Crippen LogP contribution in [0.1, 0.15) is 48.3 Å². The van der Waals surface area contributed by atoms with E-state index in [4.69, 9.17) is 0 Å². The number of piperidine rings is 1. The normalized spacial score (nSPS) is 17.1. The van der Waals surface area contributed by atoms with Gasteiger partial charge in [-0.1, -0.05) is 0 Å². The molecule has 3 heterocycles. The van der Waals surface area contributed by atoms with Crippen LogP contribution in [0.2, 0.25) is 0 Å². The molecule has 152 valence electrons. The topological polar surface area (TPSA) is 66.3 Å². The second-order valence-electron chi connectivity index (χ2n) is 7.69. The Morgan fingerprint density at radius 1 is 1.32 bits per heavy atom. The van der Waals surface area contributed by atoms with Gasteiger partial charge in [-0.25, -0.2) is 9.97 Å². The summed E-state index contributed by atoms with van der Waals surface area (Å²) in [5.41, 5.74) is 0.607. The van der Waals surface area contributed by atoms with Crippen LogP contribution in [0.15, 0.2) is 30.7 Å². The highest BCUT2D eigenvalue weighted by molar-refractivity contribution is 5.94. The molecule has 28 heavy (non-hydrogen) atoms. The summed E-state index contributed by atoms with van der Waals surface area (Å²) < 4.78 is 2.31. The summed E-state index contributed by atoms with van der Waals surface area (Å²) in [6.45, 7) is 6.52. The summed E-state index contributed by atoms with van der Waals surface area (Å²) in [4.78, 5) is 25.7. The van der Waals surface area contributed by atoms with Crippen LogP contribution < -0.4 is 10.2 Å². The van der Waals surface area contributed by atoms with Crippen LogP contribution in [0.3, 0.4) is 0 Å². The maximum Gasteiger partial charge on any atom is 0.252 e. The summed E-state index contributed by atoms with van der Waals surface area (Å²) in [7, 11) is 4.22. The van der Waals surface area contributed by atoms with Crippen molar-refractivity contribution in [2.45, 2.75) is 38.6 Å². The molecule has 1 amide bonds. The lowest BCUT2D eigenvalue weighted by Gasteiger charge is -2.33. The SMILES string of the molecule is CCNC(=O)c1ccc(N2CCC[C@H](c3nccn3CCCN(C)C)C2)nc1. The molecule has 0 spiro atoms. The number of aromatic nitrogens is 3. The van der Waals surface area contributed by atoms with E-state index in [0.29, 0.717) is 18.0 Å². The molecule has 1 saturated heterocycles. The number of aryl methyl sites for hydroxylation is 1. The van der Waals surface area contributed by atoms with Crippen molar-refractivity contribution in [2.75, 3.05) is 45.2 Å². The molecule has 0 unspecified atom stereocenters. The highest BCUT2D eigenvalue weighted by Crippen LogP contribution is 2.28. The second kappa shape index (κ2) is 9.68. The van der Waals surface area contributed by atoms with Gasteiger partial charge in [-0.05, 0) is 59.0 Å². The summed E-state index contributed by atoms with van der Waals surface area (Å²) in [5.74, 6) is 2.46. The van der Waals surface area contributed by atoms with Crippen molar-refractivity contribution >= 4 is 11.7 Å². The number of nitrogens with one attached hydrogen (secondary N) is 1. The Hall–Kier alpha value is -2.41. The predicted octanol–water partition coefficient (Wildman–Crippen LogP) is 2.36. The molecule has 0 bridgehead atoms. The highest BCUT2D eigenvalue weighted by Gasteiger charge is 2.25. The monoisotopic (exact) mass is 384 g/mol. The first kappa shape index (κ1) is 20.3. The second-order valence-corrected chi connectivity index (χ2v) is 7.69. The summed E-state index contributed by atoms with van der Waals surface area (Å²) in [6.07, 6.45) is 9.08. The molecule has 1 aliphatic rings. The van der Waals surface area contributed by atoms with Crippen molar-refractivity contribution < 1.29 is 4.79 Å². The number of amides is 1. The maximum absolute atomic E-state index is 11.9. The van der Waals surface area contributed by atoms with E-state index >= 15 is 0 Å². The number of carbonyl (C=O) groups excluding carboxylic acids is 1. The fourth-order valence-electron chi connectivity index (χ4n) is 3.79. The maximum atomic E-state index is 11.9. The van der Waals surface area contributed by atoms with Gasteiger partial charge in [-0.15, -0.1) is 0 Å². The number of anilines is 1. The largest absolute Gasteiger partial charge is 0.356 e. The van der Waals surface area contributed by atoms with Crippen molar-refractivity contribution in [1.82, 2.24) is 24.8 Å². The van der Waals surface area contributed by atoms with Gasteiger partial charge < -0.3 is 19.7 Å². The standard InChI is InChI=1S/C21H32N6O/c1-4-22-21(28)17-8-9-19(24-15-17)27-12-5-7-18(16-27)20-23-10-14-26(20)13-6-11-25(2)3/h8-10,14-15,18H,4-7,11-13,16H2,1-3H3,(H,22,28)/t18-/m0/s1. The third-order valence-electron chi connectivity index (χ3n) is 5.21. The van der Waals surface area contributed by atoms with Gasteiger partial charge in [0, 0.05) is 50.7 Å². The molecule has 1 N–H and O–H groups in total. The summed E-state index contributed by atoms with van der Waals surface area (Å²) >= 11 is 0. The van der Waals surface area contributed by atoms with Crippen molar-refractivity contribution in [2.24, 2.45) is 0 Å². The Bertz CT molecular complexity index is 755. The van der Waals surface area contributed by atoms with Gasteiger partial charge in [0.05, 0.1) is 5.56 Å². The molecule has 1 fully saturated rings. The fraction of sp³-hybridized carbons (Fsp3) is 0.571. The van der Waals surface area contributed by atoms with Gasteiger partial charge in [-0.2, -0.15) is 0 Å². The molecule has 7 nitrogen and oxygen atoms in total. The minimum atomic E-state index is -0.0715. The van der Waals surface area contributed by atoms with E-state index in [-0.39, 0.29) is 5.91 Å². The van der Waals surface area contributed by atoms with E-state index in [9.17, 15) is 4.79 Å². The first-order valence-electron chi connectivity index (χ1n) is 10.2. The zero-order chi connectivity index (χ0) is 19.9. The Labute approximate surface area is 167 Å². The Morgan fingerprint density at radius 2 is 2.18 bits per heavy atom. The molecule has 3 rings (SSSR count). The number of imidazole rings is 1. The number of carbonyl (C=O) groups is 1. The predicted molar refractivity (Wildman–Crippen MR) is 112 cm³/mol. The van der Waals surface area contributed by atoms with Crippen LogP contribution in [0.25, 0.3) is 0 Å². The van der Waals surface area contributed by atoms with Crippen LogP contribution >= 0.6 is 0 Å². The molecule has 0 aliphatic carbocycles. The van der Waals surface area contributed by atoms with Crippen molar-refractivity contribution in [3.05, 3.63) is 42.1 Å². The molecule has 0 aromatic carbocycles. The van der Waals surface area contributed by atoms with Gasteiger partial charge in [0.2, 0.25) is 0 Å². The van der Waals surface area contributed by atoms with Gasteiger partial charge in [0.25, 0.3) is 5.91 Å². The van der Waals surface area contributed by atoms with E-state index < -0.39 is 0 Å². The van der Waals surface area contributed by atoms with Gasteiger partial charge in [0.1, 0.15) is 11.6 Å². The molecule has 1 aliphatic heterocycles. The average Bonchev–Trinajstić information content (AvgIpc) is 3.17. The van der Waals surface area contributed by atoms with Crippen molar-refractivity contribution in [3.63, 3.8) is 0 Å². The summed E-state index contributed by atoms with van der Waals surface area (Å²) in [5, 5.41) is 2.81. The Morgan fingerprint density at radius 3 is 2.89 bits per heavy atom. The third kappa shape index (κ3) is 5.10. The number of nitrogens with zero attached hydrogens (tertiary/aromatic N) is 5. The van der Waals surface area contributed by atoms with Crippen molar-refractivity contribution in [1.29, 1.82) is 0 Å². The van der Waals surface area contributed by atoms with Crippen LogP contribution in [0, 0.1) is 0 Å².